The van der Waals surface area contributed by atoms with Crippen molar-refractivity contribution >= 4 is 29.9 Å². The molecular formula is C12H18Cl2N2O. The van der Waals surface area contributed by atoms with E-state index in [1.54, 1.807) is 0 Å². The van der Waals surface area contributed by atoms with Gasteiger partial charge in [0.05, 0.1) is 0 Å². The third-order valence-electron chi connectivity index (χ3n) is 2.37. The highest BCUT2D eigenvalue weighted by Crippen LogP contribution is 2.14. The van der Waals surface area contributed by atoms with Gasteiger partial charge in [-0.3, -0.25) is 4.79 Å². The highest BCUT2D eigenvalue weighted by Gasteiger charge is 2.11. The third-order valence-corrected chi connectivity index (χ3v) is 2.74. The summed E-state index contributed by atoms with van der Waals surface area (Å²) in [4.78, 5) is 11.6. The van der Waals surface area contributed by atoms with Crippen LogP contribution in [0.2, 0.25) is 5.02 Å². The van der Waals surface area contributed by atoms with Crippen molar-refractivity contribution in [3.63, 3.8) is 0 Å². The van der Waals surface area contributed by atoms with Crippen LogP contribution in [-0.2, 0) is 11.3 Å². The van der Waals surface area contributed by atoms with Crippen molar-refractivity contribution in [2.75, 3.05) is 13.6 Å². The molecule has 1 aromatic carbocycles. The first-order valence-electron chi connectivity index (χ1n) is 5.31. The van der Waals surface area contributed by atoms with Crippen molar-refractivity contribution in [1.82, 2.24) is 10.6 Å². The summed E-state index contributed by atoms with van der Waals surface area (Å²) in [6.07, 6.45) is 0. The summed E-state index contributed by atoms with van der Waals surface area (Å²) in [6, 6.07) is 7.51. The molecule has 0 heterocycles. The SMILES string of the molecule is CNCC(C)C(=O)NCc1ccccc1Cl.Cl. The summed E-state index contributed by atoms with van der Waals surface area (Å²) in [5.41, 5.74) is 0.939. The Morgan fingerprint density at radius 2 is 2.06 bits per heavy atom. The van der Waals surface area contributed by atoms with E-state index in [1.807, 2.05) is 38.2 Å². The average Bonchev–Trinajstić information content (AvgIpc) is 2.28. The lowest BCUT2D eigenvalue weighted by Gasteiger charge is -2.12. The molecule has 0 spiro atoms. The number of rotatable bonds is 5. The Labute approximate surface area is 113 Å². The minimum absolute atomic E-state index is 0. The van der Waals surface area contributed by atoms with Crippen molar-refractivity contribution in [1.29, 1.82) is 0 Å². The van der Waals surface area contributed by atoms with Crippen molar-refractivity contribution in [2.24, 2.45) is 5.92 Å². The van der Waals surface area contributed by atoms with Crippen molar-refractivity contribution < 1.29 is 4.79 Å². The first kappa shape index (κ1) is 16.2. The number of amides is 1. The average molecular weight is 277 g/mol. The smallest absolute Gasteiger partial charge is 0.224 e. The normalized spacial score (nSPS) is 11.5. The van der Waals surface area contributed by atoms with Crippen LogP contribution in [0.25, 0.3) is 0 Å². The van der Waals surface area contributed by atoms with E-state index in [4.69, 9.17) is 11.6 Å². The van der Waals surface area contributed by atoms with Crippen LogP contribution in [-0.4, -0.2) is 19.5 Å². The second-order valence-corrected chi connectivity index (χ2v) is 4.18. The summed E-state index contributed by atoms with van der Waals surface area (Å²) in [5, 5.41) is 6.52. The van der Waals surface area contributed by atoms with Crippen LogP contribution >= 0.6 is 24.0 Å². The first-order chi connectivity index (χ1) is 7.65. The topological polar surface area (TPSA) is 41.1 Å². The van der Waals surface area contributed by atoms with Crippen molar-refractivity contribution in [3.05, 3.63) is 34.9 Å². The van der Waals surface area contributed by atoms with E-state index in [0.717, 1.165) is 5.56 Å². The summed E-state index contributed by atoms with van der Waals surface area (Å²) in [5.74, 6) is 0.00163. The Bertz CT molecular complexity index is 358. The van der Waals surface area contributed by atoms with Gasteiger partial charge in [-0.1, -0.05) is 36.7 Å². The van der Waals surface area contributed by atoms with E-state index in [2.05, 4.69) is 10.6 Å². The number of hydrogen-bond donors (Lipinski definition) is 2. The second kappa shape index (κ2) is 8.34. The fraction of sp³-hybridized carbons (Fsp3) is 0.417. The highest BCUT2D eigenvalue weighted by molar-refractivity contribution is 6.31. The molecule has 0 radical (unpaired) electrons. The predicted octanol–water partition coefficient (Wildman–Crippen LogP) is 2.23. The van der Waals surface area contributed by atoms with Gasteiger partial charge in [-0.25, -0.2) is 0 Å². The van der Waals surface area contributed by atoms with Gasteiger partial charge >= 0.3 is 0 Å². The first-order valence-corrected chi connectivity index (χ1v) is 5.68. The van der Waals surface area contributed by atoms with Crippen LogP contribution in [0.5, 0.6) is 0 Å². The molecule has 1 aromatic rings. The van der Waals surface area contributed by atoms with Gasteiger partial charge < -0.3 is 10.6 Å². The van der Waals surface area contributed by atoms with E-state index < -0.39 is 0 Å². The number of benzene rings is 1. The van der Waals surface area contributed by atoms with E-state index in [0.29, 0.717) is 18.1 Å². The maximum atomic E-state index is 11.6. The van der Waals surface area contributed by atoms with Gasteiger partial charge in [0.25, 0.3) is 0 Å². The standard InChI is InChI=1S/C12H17ClN2O.ClH/c1-9(7-14-2)12(16)15-8-10-5-3-4-6-11(10)13;/h3-6,9,14H,7-8H2,1-2H3,(H,15,16);1H. The zero-order valence-electron chi connectivity index (χ0n) is 10.00. The molecule has 0 aliphatic heterocycles. The molecule has 17 heavy (non-hydrogen) atoms. The van der Waals surface area contributed by atoms with Crippen LogP contribution in [0.3, 0.4) is 0 Å². The molecule has 1 unspecified atom stereocenters. The highest BCUT2D eigenvalue weighted by atomic mass is 35.5. The van der Waals surface area contributed by atoms with Crippen LogP contribution < -0.4 is 10.6 Å². The molecule has 3 nitrogen and oxygen atoms in total. The van der Waals surface area contributed by atoms with Crippen LogP contribution in [0.15, 0.2) is 24.3 Å². The molecule has 96 valence electrons. The van der Waals surface area contributed by atoms with Crippen LogP contribution in [0.4, 0.5) is 0 Å². The Morgan fingerprint density at radius 1 is 1.41 bits per heavy atom. The van der Waals surface area contributed by atoms with E-state index in [1.165, 1.54) is 0 Å². The minimum atomic E-state index is -0.0347. The Hall–Kier alpha value is -0.770. The summed E-state index contributed by atoms with van der Waals surface area (Å²) in [6.45, 7) is 3.04. The number of nitrogens with one attached hydrogen (secondary N) is 2. The number of hydrogen-bond acceptors (Lipinski definition) is 2. The summed E-state index contributed by atoms with van der Waals surface area (Å²) in [7, 11) is 1.83. The molecule has 1 rings (SSSR count). The van der Waals surface area contributed by atoms with E-state index >= 15 is 0 Å². The minimum Gasteiger partial charge on any atom is -0.352 e. The molecule has 0 aliphatic rings. The lowest BCUT2D eigenvalue weighted by Crippen LogP contribution is -2.33. The quantitative estimate of drug-likeness (QED) is 0.866. The van der Waals surface area contributed by atoms with Gasteiger partial charge in [0.15, 0.2) is 0 Å². The summed E-state index contributed by atoms with van der Waals surface area (Å²) >= 11 is 5.98. The van der Waals surface area contributed by atoms with E-state index in [9.17, 15) is 4.79 Å². The number of carbonyl (C=O) groups is 1. The van der Waals surface area contributed by atoms with Gasteiger partial charge in [0.1, 0.15) is 0 Å². The molecule has 0 fully saturated rings. The number of carbonyl (C=O) groups excluding carboxylic acids is 1. The monoisotopic (exact) mass is 276 g/mol. The fourth-order valence-corrected chi connectivity index (χ4v) is 1.60. The molecular weight excluding hydrogens is 259 g/mol. The predicted molar refractivity (Wildman–Crippen MR) is 73.6 cm³/mol. The molecule has 1 amide bonds. The fourth-order valence-electron chi connectivity index (χ4n) is 1.40. The zero-order valence-corrected chi connectivity index (χ0v) is 11.6. The maximum absolute atomic E-state index is 11.6. The lowest BCUT2D eigenvalue weighted by molar-refractivity contribution is -0.124. The molecule has 0 aliphatic carbocycles. The molecule has 0 aromatic heterocycles. The van der Waals surface area contributed by atoms with Gasteiger partial charge in [0, 0.05) is 24.0 Å². The van der Waals surface area contributed by atoms with Gasteiger partial charge in [0.2, 0.25) is 5.91 Å². The zero-order chi connectivity index (χ0) is 12.0. The largest absolute Gasteiger partial charge is 0.352 e. The molecule has 0 saturated carbocycles. The van der Waals surface area contributed by atoms with E-state index in [-0.39, 0.29) is 24.2 Å². The lowest BCUT2D eigenvalue weighted by atomic mass is 10.1. The van der Waals surface area contributed by atoms with Gasteiger partial charge in [-0.15, -0.1) is 12.4 Å². The molecule has 0 bridgehead atoms. The Morgan fingerprint density at radius 3 is 2.65 bits per heavy atom. The summed E-state index contributed by atoms with van der Waals surface area (Å²) < 4.78 is 0. The Kier molecular flexibility index (Phi) is 7.96. The molecule has 0 saturated heterocycles. The van der Waals surface area contributed by atoms with Gasteiger partial charge in [-0.05, 0) is 18.7 Å². The maximum Gasteiger partial charge on any atom is 0.224 e. The Balaban J connectivity index is 0.00000256. The third kappa shape index (κ3) is 5.39. The van der Waals surface area contributed by atoms with Crippen LogP contribution in [0.1, 0.15) is 12.5 Å². The van der Waals surface area contributed by atoms with Crippen LogP contribution in [0, 0.1) is 5.92 Å². The molecule has 1 atom stereocenters. The van der Waals surface area contributed by atoms with Gasteiger partial charge in [-0.2, -0.15) is 0 Å². The number of halogens is 2. The van der Waals surface area contributed by atoms with Crippen molar-refractivity contribution in [3.8, 4) is 0 Å². The molecule has 5 heteroatoms. The molecule has 2 N–H and O–H groups in total. The second-order valence-electron chi connectivity index (χ2n) is 3.77. The van der Waals surface area contributed by atoms with Crippen molar-refractivity contribution in [2.45, 2.75) is 13.5 Å².